The predicted molar refractivity (Wildman–Crippen MR) is 68.6 cm³/mol. The Balaban J connectivity index is 2.24. The Morgan fingerprint density at radius 2 is 2.12 bits per heavy atom. The third-order valence-corrected chi connectivity index (χ3v) is 4.40. The average Bonchev–Trinajstić information content (AvgIpc) is 2.36. The minimum atomic E-state index is 0.328. The molecule has 0 aromatic rings. The van der Waals surface area contributed by atoms with Gasteiger partial charge in [0.15, 0.2) is 5.78 Å². The summed E-state index contributed by atoms with van der Waals surface area (Å²) in [4.78, 5) is 12.0. The lowest BCUT2D eigenvalue weighted by molar-refractivity contribution is -0.118. The van der Waals surface area contributed by atoms with E-state index in [1.807, 2.05) is 0 Å². The third-order valence-electron chi connectivity index (χ3n) is 4.40. The molecule has 0 bridgehead atoms. The zero-order valence-electron chi connectivity index (χ0n) is 11.3. The number of Topliss-reactive ketones (excluding diaryl/α,β-unsaturated/α-hetero) is 1. The van der Waals surface area contributed by atoms with Crippen molar-refractivity contribution in [2.45, 2.75) is 65.4 Å². The lowest BCUT2D eigenvalue weighted by Crippen LogP contribution is -2.34. The molecule has 2 heteroatoms. The van der Waals surface area contributed by atoms with Gasteiger partial charge in [-0.2, -0.15) is 0 Å². The molecule has 17 heavy (non-hydrogen) atoms. The van der Waals surface area contributed by atoms with E-state index >= 15 is 0 Å². The molecule has 0 saturated heterocycles. The van der Waals surface area contributed by atoms with Gasteiger partial charge < -0.3 is 4.74 Å². The molecule has 2 unspecified atom stereocenters. The largest absolute Gasteiger partial charge is 0.494 e. The van der Waals surface area contributed by atoms with Crippen molar-refractivity contribution in [3.05, 3.63) is 11.3 Å². The maximum atomic E-state index is 12.0. The summed E-state index contributed by atoms with van der Waals surface area (Å²) < 4.78 is 6.10. The molecule has 0 saturated carbocycles. The van der Waals surface area contributed by atoms with E-state index < -0.39 is 0 Å². The normalized spacial score (nSPS) is 30.9. The van der Waals surface area contributed by atoms with Gasteiger partial charge in [0.2, 0.25) is 0 Å². The molecular formula is C15H24O2. The lowest BCUT2D eigenvalue weighted by atomic mass is 9.78. The Morgan fingerprint density at radius 3 is 2.76 bits per heavy atom. The van der Waals surface area contributed by atoms with Crippen molar-refractivity contribution in [3.8, 4) is 0 Å². The molecule has 2 aliphatic rings. The van der Waals surface area contributed by atoms with Crippen molar-refractivity contribution in [1.82, 2.24) is 0 Å². The SMILES string of the molecule is CCC(C)C1C[C@@H](CC)C2=C(CCCC2=O)O1. The van der Waals surface area contributed by atoms with Crippen LogP contribution in [0, 0.1) is 11.8 Å². The summed E-state index contributed by atoms with van der Waals surface area (Å²) >= 11 is 0. The van der Waals surface area contributed by atoms with E-state index in [-0.39, 0.29) is 0 Å². The summed E-state index contributed by atoms with van der Waals surface area (Å²) in [5, 5.41) is 0. The molecule has 0 radical (unpaired) electrons. The lowest BCUT2D eigenvalue weighted by Gasteiger charge is -2.37. The highest BCUT2D eigenvalue weighted by molar-refractivity contribution is 5.97. The summed E-state index contributed by atoms with van der Waals surface area (Å²) in [7, 11) is 0. The molecule has 96 valence electrons. The number of hydrogen-bond acceptors (Lipinski definition) is 2. The predicted octanol–water partition coefficient (Wildman–Crippen LogP) is 3.85. The molecule has 3 atom stereocenters. The van der Waals surface area contributed by atoms with Gasteiger partial charge in [0, 0.05) is 18.4 Å². The molecule has 0 aromatic heterocycles. The van der Waals surface area contributed by atoms with Gasteiger partial charge in [0.25, 0.3) is 0 Å². The molecule has 0 N–H and O–H groups in total. The minimum absolute atomic E-state index is 0.328. The quantitative estimate of drug-likeness (QED) is 0.744. The van der Waals surface area contributed by atoms with Crippen LogP contribution >= 0.6 is 0 Å². The first-order chi connectivity index (χ1) is 8.17. The topological polar surface area (TPSA) is 26.3 Å². The van der Waals surface area contributed by atoms with Crippen molar-refractivity contribution in [1.29, 1.82) is 0 Å². The van der Waals surface area contributed by atoms with Crippen molar-refractivity contribution >= 4 is 5.78 Å². The molecule has 0 aromatic carbocycles. The van der Waals surface area contributed by atoms with Crippen LogP contribution in [0.25, 0.3) is 0 Å². The summed E-state index contributed by atoms with van der Waals surface area (Å²) in [6.07, 6.45) is 6.27. The second-order valence-corrected chi connectivity index (χ2v) is 5.50. The van der Waals surface area contributed by atoms with Crippen LogP contribution < -0.4 is 0 Å². The van der Waals surface area contributed by atoms with Crippen LogP contribution in [-0.2, 0) is 9.53 Å². The zero-order chi connectivity index (χ0) is 12.4. The van der Waals surface area contributed by atoms with Crippen LogP contribution in [0.2, 0.25) is 0 Å². The molecular weight excluding hydrogens is 212 g/mol. The summed E-state index contributed by atoms with van der Waals surface area (Å²) in [6, 6.07) is 0. The molecule has 1 aliphatic heterocycles. The van der Waals surface area contributed by atoms with Gasteiger partial charge in [-0.25, -0.2) is 0 Å². The zero-order valence-corrected chi connectivity index (χ0v) is 11.3. The fourth-order valence-corrected chi connectivity index (χ4v) is 3.02. The Kier molecular flexibility index (Phi) is 3.90. The van der Waals surface area contributed by atoms with E-state index in [1.165, 1.54) is 0 Å². The van der Waals surface area contributed by atoms with Gasteiger partial charge in [0.05, 0.1) is 0 Å². The first-order valence-corrected chi connectivity index (χ1v) is 7.10. The van der Waals surface area contributed by atoms with Crippen LogP contribution in [0.4, 0.5) is 0 Å². The molecule has 1 aliphatic carbocycles. The van der Waals surface area contributed by atoms with Crippen molar-refractivity contribution in [2.24, 2.45) is 11.8 Å². The van der Waals surface area contributed by atoms with Gasteiger partial charge >= 0.3 is 0 Å². The third kappa shape index (κ3) is 2.41. The monoisotopic (exact) mass is 236 g/mol. The Morgan fingerprint density at radius 1 is 1.35 bits per heavy atom. The van der Waals surface area contributed by atoms with Crippen molar-refractivity contribution in [2.75, 3.05) is 0 Å². The van der Waals surface area contributed by atoms with Gasteiger partial charge in [-0.15, -0.1) is 0 Å². The number of ketones is 1. The molecule has 1 heterocycles. The maximum Gasteiger partial charge on any atom is 0.162 e. The number of rotatable bonds is 3. The van der Waals surface area contributed by atoms with E-state index in [4.69, 9.17) is 4.74 Å². The Bertz CT molecular complexity index is 330. The first kappa shape index (κ1) is 12.7. The Labute approximate surface area is 104 Å². The standard InChI is InChI=1S/C15H24O2/c1-4-10(3)14-9-11(5-2)15-12(16)7-6-8-13(15)17-14/h10-11,14H,4-9H2,1-3H3/t10?,11-,14?/m1/s1. The summed E-state index contributed by atoms with van der Waals surface area (Å²) in [6.45, 7) is 6.66. The second-order valence-electron chi connectivity index (χ2n) is 5.50. The summed E-state index contributed by atoms with van der Waals surface area (Å²) in [5.74, 6) is 2.42. The van der Waals surface area contributed by atoms with Crippen LogP contribution in [0.1, 0.15) is 59.3 Å². The van der Waals surface area contributed by atoms with Crippen molar-refractivity contribution < 1.29 is 9.53 Å². The molecule has 2 nitrogen and oxygen atoms in total. The van der Waals surface area contributed by atoms with E-state index in [1.54, 1.807) is 0 Å². The highest BCUT2D eigenvalue weighted by Crippen LogP contribution is 2.40. The van der Waals surface area contributed by atoms with Crippen molar-refractivity contribution in [3.63, 3.8) is 0 Å². The van der Waals surface area contributed by atoms with Gasteiger partial charge in [0.1, 0.15) is 11.9 Å². The van der Waals surface area contributed by atoms with Crippen LogP contribution in [-0.4, -0.2) is 11.9 Å². The number of carbonyl (C=O) groups is 1. The fraction of sp³-hybridized carbons (Fsp3) is 0.800. The fourth-order valence-electron chi connectivity index (χ4n) is 3.02. The van der Waals surface area contributed by atoms with E-state index in [0.717, 1.165) is 49.9 Å². The highest BCUT2D eigenvalue weighted by Gasteiger charge is 2.36. The maximum absolute atomic E-state index is 12.0. The molecule has 2 rings (SSSR count). The van der Waals surface area contributed by atoms with Gasteiger partial charge in [-0.3, -0.25) is 4.79 Å². The number of carbonyl (C=O) groups excluding carboxylic acids is 1. The van der Waals surface area contributed by atoms with Gasteiger partial charge in [-0.1, -0.05) is 27.2 Å². The summed E-state index contributed by atoms with van der Waals surface area (Å²) in [5.41, 5.74) is 1.04. The van der Waals surface area contributed by atoms with E-state index in [9.17, 15) is 4.79 Å². The van der Waals surface area contributed by atoms with Crippen LogP contribution in [0.5, 0.6) is 0 Å². The average molecular weight is 236 g/mol. The van der Waals surface area contributed by atoms with Crippen LogP contribution in [0.15, 0.2) is 11.3 Å². The van der Waals surface area contributed by atoms with Gasteiger partial charge in [-0.05, 0) is 31.1 Å². The second kappa shape index (κ2) is 5.24. The minimum Gasteiger partial charge on any atom is -0.494 e. The number of allylic oxidation sites excluding steroid dienone is 2. The molecule has 0 spiro atoms. The Hall–Kier alpha value is -0.790. The van der Waals surface area contributed by atoms with E-state index in [2.05, 4.69) is 20.8 Å². The smallest absolute Gasteiger partial charge is 0.162 e. The van der Waals surface area contributed by atoms with E-state index in [0.29, 0.717) is 23.7 Å². The molecule has 0 amide bonds. The number of ether oxygens (including phenoxy) is 1. The van der Waals surface area contributed by atoms with Crippen LogP contribution in [0.3, 0.4) is 0 Å². The first-order valence-electron chi connectivity index (χ1n) is 7.10. The highest BCUT2D eigenvalue weighted by atomic mass is 16.5. The molecule has 0 fully saturated rings. The number of hydrogen-bond donors (Lipinski definition) is 0.